The van der Waals surface area contributed by atoms with Crippen molar-refractivity contribution in [3.8, 4) is 0 Å². The van der Waals surface area contributed by atoms with E-state index in [9.17, 15) is 5.11 Å². The van der Waals surface area contributed by atoms with E-state index in [2.05, 4.69) is 15.1 Å². The van der Waals surface area contributed by atoms with E-state index in [-0.39, 0.29) is 0 Å². The van der Waals surface area contributed by atoms with Crippen molar-refractivity contribution in [2.24, 2.45) is 7.05 Å². The van der Waals surface area contributed by atoms with Gasteiger partial charge in [-0.3, -0.25) is 9.67 Å². The Balaban J connectivity index is 1.82. The summed E-state index contributed by atoms with van der Waals surface area (Å²) in [5.74, 6) is 0.804. The van der Waals surface area contributed by atoms with Crippen LogP contribution in [0.25, 0.3) is 0 Å². The molecule has 1 N–H and O–H groups in total. The van der Waals surface area contributed by atoms with Crippen LogP contribution in [0, 0.1) is 0 Å². The highest BCUT2D eigenvalue weighted by Gasteiger charge is 2.10. The molecule has 5 heteroatoms. The molecule has 2 heterocycles. The van der Waals surface area contributed by atoms with Gasteiger partial charge < -0.3 is 5.11 Å². The zero-order valence-electron chi connectivity index (χ0n) is 9.82. The number of hydrogen-bond acceptors (Lipinski definition) is 4. The van der Waals surface area contributed by atoms with Gasteiger partial charge in [0.25, 0.3) is 0 Å². The third-order valence-electron chi connectivity index (χ3n) is 2.68. The second-order valence-electron chi connectivity index (χ2n) is 4.02. The van der Waals surface area contributed by atoms with Gasteiger partial charge in [-0.2, -0.15) is 5.10 Å². The van der Waals surface area contributed by atoms with E-state index in [1.807, 2.05) is 25.2 Å². The predicted octanol–water partition coefficient (Wildman–Crippen LogP) is 0.746. The predicted molar refractivity (Wildman–Crippen MR) is 63.3 cm³/mol. The van der Waals surface area contributed by atoms with Gasteiger partial charge in [0.15, 0.2) is 0 Å². The highest BCUT2D eigenvalue weighted by Crippen LogP contribution is 2.06. The SMILES string of the molecule is Cn1ncnc1CC(O)CCc1ccccn1. The van der Waals surface area contributed by atoms with Gasteiger partial charge in [0.1, 0.15) is 12.2 Å². The Labute approximate surface area is 100 Å². The largest absolute Gasteiger partial charge is 0.393 e. The first kappa shape index (κ1) is 11.7. The first-order valence-corrected chi connectivity index (χ1v) is 5.66. The Morgan fingerprint density at radius 1 is 1.35 bits per heavy atom. The molecule has 2 aromatic rings. The van der Waals surface area contributed by atoms with E-state index in [1.165, 1.54) is 6.33 Å². The topological polar surface area (TPSA) is 63.8 Å². The third-order valence-corrected chi connectivity index (χ3v) is 2.68. The summed E-state index contributed by atoms with van der Waals surface area (Å²) in [6.45, 7) is 0. The molecule has 5 nitrogen and oxygen atoms in total. The van der Waals surface area contributed by atoms with Crippen LogP contribution < -0.4 is 0 Å². The number of aliphatic hydroxyl groups is 1. The first-order chi connectivity index (χ1) is 8.25. The molecule has 0 saturated heterocycles. The Hall–Kier alpha value is -1.75. The van der Waals surface area contributed by atoms with Crippen LogP contribution >= 0.6 is 0 Å². The lowest BCUT2D eigenvalue weighted by molar-refractivity contribution is 0.161. The molecule has 0 aromatic carbocycles. The zero-order chi connectivity index (χ0) is 12.1. The van der Waals surface area contributed by atoms with Gasteiger partial charge in [-0.25, -0.2) is 4.98 Å². The summed E-state index contributed by atoms with van der Waals surface area (Å²) in [7, 11) is 1.83. The average Bonchev–Trinajstić information content (AvgIpc) is 2.74. The van der Waals surface area contributed by atoms with Gasteiger partial charge in [0, 0.05) is 25.4 Å². The molecule has 2 rings (SSSR count). The lowest BCUT2D eigenvalue weighted by Gasteiger charge is -2.09. The standard InChI is InChI=1S/C12H16N4O/c1-16-12(14-9-15-16)8-11(17)6-5-10-4-2-3-7-13-10/h2-4,7,9,11,17H,5-6,8H2,1H3. The van der Waals surface area contributed by atoms with Crippen LogP contribution in [0.3, 0.4) is 0 Å². The molecule has 0 amide bonds. The van der Waals surface area contributed by atoms with Crippen molar-refractivity contribution in [1.29, 1.82) is 0 Å². The summed E-state index contributed by atoms with van der Waals surface area (Å²) in [5, 5.41) is 13.9. The third kappa shape index (κ3) is 3.35. The van der Waals surface area contributed by atoms with Crippen molar-refractivity contribution in [2.75, 3.05) is 0 Å². The first-order valence-electron chi connectivity index (χ1n) is 5.66. The Bertz CT molecular complexity index is 455. The van der Waals surface area contributed by atoms with E-state index < -0.39 is 6.10 Å². The molecule has 0 bridgehead atoms. The molecule has 2 aromatic heterocycles. The normalized spacial score (nSPS) is 12.6. The number of rotatable bonds is 5. The summed E-state index contributed by atoms with van der Waals surface area (Å²) in [6.07, 6.45) is 4.86. The number of nitrogens with zero attached hydrogens (tertiary/aromatic N) is 4. The van der Waals surface area contributed by atoms with Crippen molar-refractivity contribution in [2.45, 2.75) is 25.4 Å². The van der Waals surface area contributed by atoms with Gasteiger partial charge in [-0.1, -0.05) is 6.07 Å². The molecular weight excluding hydrogens is 216 g/mol. The molecule has 0 aliphatic carbocycles. The average molecular weight is 232 g/mol. The minimum absolute atomic E-state index is 0.403. The maximum Gasteiger partial charge on any atom is 0.138 e. The van der Waals surface area contributed by atoms with Crippen molar-refractivity contribution in [1.82, 2.24) is 19.7 Å². The van der Waals surface area contributed by atoms with Crippen molar-refractivity contribution in [3.63, 3.8) is 0 Å². The van der Waals surface area contributed by atoms with Gasteiger partial charge in [0.05, 0.1) is 6.10 Å². The van der Waals surface area contributed by atoms with E-state index in [4.69, 9.17) is 0 Å². The lowest BCUT2D eigenvalue weighted by atomic mass is 10.1. The monoisotopic (exact) mass is 232 g/mol. The van der Waals surface area contributed by atoms with E-state index in [1.54, 1.807) is 10.9 Å². The van der Waals surface area contributed by atoms with Crippen molar-refractivity contribution >= 4 is 0 Å². The summed E-state index contributed by atoms with van der Waals surface area (Å²) in [5.41, 5.74) is 1.00. The van der Waals surface area contributed by atoms with Gasteiger partial charge in [0.2, 0.25) is 0 Å². The summed E-state index contributed by atoms with van der Waals surface area (Å²) >= 11 is 0. The summed E-state index contributed by atoms with van der Waals surface area (Å²) in [4.78, 5) is 8.31. The maximum atomic E-state index is 9.90. The molecule has 0 aliphatic heterocycles. The van der Waals surface area contributed by atoms with E-state index in [0.717, 1.165) is 17.9 Å². The van der Waals surface area contributed by atoms with Crippen LogP contribution in [0.15, 0.2) is 30.7 Å². The number of aliphatic hydroxyl groups excluding tert-OH is 1. The Kier molecular flexibility index (Phi) is 3.82. The molecule has 0 aliphatic rings. The fourth-order valence-corrected chi connectivity index (χ4v) is 1.68. The Morgan fingerprint density at radius 3 is 2.88 bits per heavy atom. The molecule has 17 heavy (non-hydrogen) atoms. The lowest BCUT2D eigenvalue weighted by Crippen LogP contribution is -2.15. The second-order valence-corrected chi connectivity index (χ2v) is 4.02. The molecule has 0 saturated carbocycles. The molecular formula is C12H16N4O. The molecule has 0 radical (unpaired) electrons. The fraction of sp³-hybridized carbons (Fsp3) is 0.417. The van der Waals surface area contributed by atoms with E-state index in [0.29, 0.717) is 12.8 Å². The summed E-state index contributed by atoms with van der Waals surface area (Å²) in [6, 6.07) is 5.81. The van der Waals surface area contributed by atoms with E-state index >= 15 is 0 Å². The molecule has 0 fully saturated rings. The van der Waals surface area contributed by atoms with Crippen LogP contribution in [0.5, 0.6) is 0 Å². The van der Waals surface area contributed by atoms with Crippen LogP contribution in [-0.4, -0.2) is 31.0 Å². The molecule has 90 valence electrons. The number of aromatic nitrogens is 4. The van der Waals surface area contributed by atoms with Crippen LogP contribution in [0.4, 0.5) is 0 Å². The fourth-order valence-electron chi connectivity index (χ4n) is 1.68. The van der Waals surface area contributed by atoms with Crippen molar-refractivity contribution in [3.05, 3.63) is 42.2 Å². The smallest absolute Gasteiger partial charge is 0.138 e. The van der Waals surface area contributed by atoms with Gasteiger partial charge in [-0.15, -0.1) is 0 Å². The molecule has 1 unspecified atom stereocenters. The van der Waals surface area contributed by atoms with Gasteiger partial charge >= 0.3 is 0 Å². The second kappa shape index (κ2) is 5.54. The maximum absolute atomic E-state index is 9.90. The van der Waals surface area contributed by atoms with Crippen molar-refractivity contribution < 1.29 is 5.11 Å². The Morgan fingerprint density at radius 2 is 2.24 bits per heavy atom. The number of aryl methyl sites for hydroxylation is 2. The van der Waals surface area contributed by atoms with Gasteiger partial charge in [-0.05, 0) is 25.0 Å². The molecule has 0 spiro atoms. The quantitative estimate of drug-likeness (QED) is 0.826. The van der Waals surface area contributed by atoms with Crippen LogP contribution in [-0.2, 0) is 19.9 Å². The number of pyridine rings is 1. The van der Waals surface area contributed by atoms with Crippen LogP contribution in [0.2, 0.25) is 0 Å². The molecule has 1 atom stereocenters. The highest BCUT2D eigenvalue weighted by molar-refractivity contribution is 5.03. The summed E-state index contributed by atoms with van der Waals surface area (Å²) < 4.78 is 1.68. The minimum Gasteiger partial charge on any atom is -0.393 e. The minimum atomic E-state index is -0.403. The van der Waals surface area contributed by atoms with Crippen LogP contribution in [0.1, 0.15) is 17.9 Å². The number of hydrogen-bond donors (Lipinski definition) is 1. The highest BCUT2D eigenvalue weighted by atomic mass is 16.3. The zero-order valence-corrected chi connectivity index (χ0v) is 9.82.